The Hall–Kier alpha value is 3.71. The van der Waals surface area contributed by atoms with Gasteiger partial charge in [-0.2, -0.15) is 0 Å². The molecule has 0 aliphatic heterocycles. The molecule has 0 fully saturated rings. The van der Waals surface area contributed by atoms with Crippen LogP contribution in [0.1, 0.15) is 0 Å². The molecule has 0 amide bonds. The topological polar surface area (TPSA) is 194 Å². The Labute approximate surface area is 544 Å². The summed E-state index contributed by atoms with van der Waals surface area (Å²) >= 11 is 0. The normalized spacial score (nSPS) is 16.1. The number of hydrogen-bond acceptors (Lipinski definition) is 21. The Morgan fingerprint density at radius 1 is 0.141 bits per heavy atom. The molecule has 42 heteroatoms. The second-order valence-electron chi connectivity index (χ2n) is 31.9. The van der Waals surface area contributed by atoms with E-state index in [4.69, 9.17) is 87.3 Å². The molecular formula is C43H130O21Si21. The minimum Gasteiger partial charge on any atom is -0.440 e. The standard InChI is InChI=1S/C43H130O21Si21/c1-65(2)46-68(8,9)48-70(12,13)50-72(16,17)52-74(20,21)54-76(24,25)56-78(28,29)58-80(32,33)60-82(36,37)62-84(40,41)64-85(42,43)63-83(38,39)61-81(34,35)59-79(30,31)57-77(26,27)55-75(22,23)53-73(18,19)51-71(14,15)49-69(10,11)47-67(6,7)45-44-66(3,4)5/h65H,1-43H3. The number of rotatable bonds is 41. The first-order chi connectivity index (χ1) is 36.4. The van der Waals surface area contributed by atoms with Gasteiger partial charge in [-0.15, -0.1) is 0 Å². The first-order valence-corrected chi connectivity index (χ1v) is 89.7. The molecule has 0 heterocycles. The predicted molar refractivity (Wildman–Crippen MR) is 397 cm³/mol. The van der Waals surface area contributed by atoms with Gasteiger partial charge in [0.2, 0.25) is 8.32 Å². The Morgan fingerprint density at radius 3 is 0.353 bits per heavy atom. The van der Waals surface area contributed by atoms with Crippen molar-refractivity contribution in [2.24, 2.45) is 0 Å². The highest BCUT2D eigenvalue weighted by Gasteiger charge is 2.55. The van der Waals surface area contributed by atoms with Crippen LogP contribution < -0.4 is 0 Å². The van der Waals surface area contributed by atoms with Crippen molar-refractivity contribution in [1.29, 1.82) is 0 Å². The van der Waals surface area contributed by atoms with Crippen molar-refractivity contribution in [3.8, 4) is 0 Å². The summed E-state index contributed by atoms with van der Waals surface area (Å²) < 4.78 is 141. The van der Waals surface area contributed by atoms with Gasteiger partial charge in [0.05, 0.1) is 0 Å². The zero-order chi connectivity index (χ0) is 68.4. The van der Waals surface area contributed by atoms with Gasteiger partial charge < -0.3 is 78.2 Å². The molecule has 85 heavy (non-hydrogen) atoms. The summed E-state index contributed by atoms with van der Waals surface area (Å²) in [4.78, 5) is 0. The second-order valence-corrected chi connectivity index (χ2v) is 107. The first kappa shape index (κ1) is 88.7. The molecule has 0 N–H and O–H groups in total. The Balaban J connectivity index is 5.82. The van der Waals surface area contributed by atoms with Crippen LogP contribution in [0.15, 0.2) is 0 Å². The quantitative estimate of drug-likeness (QED) is 0.0318. The highest BCUT2D eigenvalue weighted by atomic mass is 28.6. The maximum absolute atomic E-state index is 6.95. The van der Waals surface area contributed by atoms with Gasteiger partial charge in [-0.1, -0.05) is 0 Å². The van der Waals surface area contributed by atoms with Gasteiger partial charge in [-0.25, -0.2) is 0 Å². The summed E-state index contributed by atoms with van der Waals surface area (Å²) in [5.41, 5.74) is 0. The van der Waals surface area contributed by atoms with Gasteiger partial charge in [0.15, 0.2) is 9.04 Å². The first-order valence-electron chi connectivity index (χ1n) is 30.0. The van der Waals surface area contributed by atoms with E-state index >= 15 is 0 Å². The molecule has 0 aromatic heterocycles. The van der Waals surface area contributed by atoms with Gasteiger partial charge >= 0.3 is 163 Å². The zero-order valence-corrected chi connectivity index (χ0v) is 83.3. The van der Waals surface area contributed by atoms with Crippen molar-refractivity contribution in [2.45, 2.75) is 282 Å². The second kappa shape index (κ2) is 30.2. The molecular weight excluding hydrogens is 1440 g/mol. The van der Waals surface area contributed by atoms with Crippen molar-refractivity contribution in [3.05, 3.63) is 0 Å². The van der Waals surface area contributed by atoms with Crippen LogP contribution in [0.4, 0.5) is 0 Å². The molecule has 512 valence electrons. The van der Waals surface area contributed by atoms with Crippen LogP contribution in [0.5, 0.6) is 0 Å². The average Bonchev–Trinajstić information content (AvgIpc) is 2.99. The van der Waals surface area contributed by atoms with E-state index in [0.29, 0.717) is 0 Å². The Bertz CT molecular complexity index is 2100. The van der Waals surface area contributed by atoms with E-state index in [1.807, 2.05) is 52.4 Å². The zero-order valence-electron chi connectivity index (χ0n) is 62.2. The maximum atomic E-state index is 6.95. The van der Waals surface area contributed by atoms with E-state index in [1.165, 1.54) is 0 Å². The summed E-state index contributed by atoms with van der Waals surface area (Å²) in [6.07, 6.45) is 0. The summed E-state index contributed by atoms with van der Waals surface area (Å²) in [5.74, 6) is 0. The molecule has 0 aromatic carbocycles. The van der Waals surface area contributed by atoms with Crippen molar-refractivity contribution in [3.63, 3.8) is 0 Å². The molecule has 0 unspecified atom stereocenters. The van der Waals surface area contributed by atoms with Crippen LogP contribution in [0.2, 0.25) is 282 Å². The fourth-order valence-electron chi connectivity index (χ4n) is 11.8. The van der Waals surface area contributed by atoms with Crippen molar-refractivity contribution >= 4 is 180 Å². The van der Waals surface area contributed by atoms with Crippen LogP contribution in [0, 0.1) is 0 Å². The molecule has 0 atom stereocenters. The summed E-state index contributed by atoms with van der Waals surface area (Å²) in [6, 6.07) is 0. The van der Waals surface area contributed by atoms with E-state index in [2.05, 4.69) is 229 Å². The maximum Gasteiger partial charge on any atom is 0.358 e. The third-order valence-corrected chi connectivity index (χ3v) is 86.0. The highest BCUT2D eigenvalue weighted by molar-refractivity contribution is 6.96. The smallest absolute Gasteiger partial charge is 0.358 e. The average molecular weight is 1570 g/mol. The largest absolute Gasteiger partial charge is 0.440 e. The highest BCUT2D eigenvalue weighted by Crippen LogP contribution is 2.35. The molecule has 21 nitrogen and oxygen atoms in total. The lowest BCUT2D eigenvalue weighted by Gasteiger charge is -2.45. The molecule has 0 radical (unpaired) electrons. The van der Waals surface area contributed by atoms with Crippen LogP contribution in [0.25, 0.3) is 0 Å². The third-order valence-electron chi connectivity index (χ3n) is 9.86. The van der Waals surface area contributed by atoms with Crippen LogP contribution in [0.3, 0.4) is 0 Å². The Morgan fingerprint density at radius 2 is 0.247 bits per heavy atom. The van der Waals surface area contributed by atoms with Crippen molar-refractivity contribution in [1.82, 2.24) is 0 Å². The van der Waals surface area contributed by atoms with Crippen molar-refractivity contribution in [2.75, 3.05) is 0 Å². The third kappa shape index (κ3) is 42.1. The van der Waals surface area contributed by atoms with E-state index in [-0.39, 0.29) is 0 Å². The molecule has 0 bridgehead atoms. The lowest BCUT2D eigenvalue weighted by atomic mass is 11.8. The molecule has 0 aliphatic carbocycles. The summed E-state index contributed by atoms with van der Waals surface area (Å²) in [7, 11) is -55.7. The van der Waals surface area contributed by atoms with E-state index in [9.17, 15) is 0 Å². The monoisotopic (exact) mass is 1570 g/mol. The predicted octanol–water partition coefficient (Wildman–Crippen LogP) is 15.4. The van der Waals surface area contributed by atoms with E-state index in [1.54, 1.807) is 0 Å². The minimum absolute atomic E-state index is 1.27. The molecule has 0 aliphatic rings. The number of hydrogen-bond donors (Lipinski definition) is 0. The van der Waals surface area contributed by atoms with Gasteiger partial charge in [-0.05, 0) is 282 Å². The fourth-order valence-corrected chi connectivity index (χ4v) is 113. The summed E-state index contributed by atoms with van der Waals surface area (Å²) in [5, 5.41) is 0. The van der Waals surface area contributed by atoms with Crippen LogP contribution in [-0.4, -0.2) is 180 Å². The van der Waals surface area contributed by atoms with E-state index < -0.39 is 180 Å². The lowest BCUT2D eigenvalue weighted by Crippen LogP contribution is -2.63. The van der Waals surface area contributed by atoms with E-state index in [0.717, 1.165) is 0 Å². The molecule has 0 saturated heterocycles. The Kier molecular flexibility index (Phi) is 31.5. The molecule has 0 aromatic rings. The van der Waals surface area contributed by atoms with Crippen molar-refractivity contribution < 1.29 is 87.3 Å². The minimum atomic E-state index is -2.87. The molecule has 0 rings (SSSR count). The van der Waals surface area contributed by atoms with Gasteiger partial charge in [0, 0.05) is 0 Å². The fraction of sp³-hybridized carbons (Fsp3) is 1.00. The lowest BCUT2D eigenvalue weighted by molar-refractivity contribution is -0.138. The molecule has 0 spiro atoms. The van der Waals surface area contributed by atoms with Gasteiger partial charge in [0.25, 0.3) is 0 Å². The summed E-state index contributed by atoms with van der Waals surface area (Å²) in [6.45, 7) is 88.6. The SMILES string of the molecule is C[SiH](C)O[Si](C)(C)O[Si](C)(C)O[Si](C)(C)O[Si](C)(C)O[Si](C)(C)O[Si](C)(C)O[Si](C)(C)O[Si](C)(C)O[Si](C)(C)O[Si](C)(C)O[Si](C)(C)O[Si](C)(C)O[Si](C)(C)O[Si](C)(C)O[Si](C)(C)O[Si](C)(C)O[Si](C)(C)O[Si](C)(C)O[Si](C)(C)OO[Si](C)(C)C. The van der Waals surface area contributed by atoms with Gasteiger partial charge in [0.1, 0.15) is 0 Å². The van der Waals surface area contributed by atoms with Crippen LogP contribution >= 0.6 is 0 Å². The van der Waals surface area contributed by atoms with Gasteiger partial charge in [-0.3, -0.25) is 9.15 Å². The van der Waals surface area contributed by atoms with Crippen LogP contribution in [-0.2, 0) is 87.3 Å². The molecule has 0 saturated carbocycles.